The number of benzene rings is 2. The fourth-order valence-electron chi connectivity index (χ4n) is 2.80. The zero-order valence-electron chi connectivity index (χ0n) is 17.8. The lowest BCUT2D eigenvalue weighted by Gasteiger charge is -2.09. The predicted molar refractivity (Wildman–Crippen MR) is 124 cm³/mol. The summed E-state index contributed by atoms with van der Waals surface area (Å²) in [6.45, 7) is 0. The van der Waals surface area contributed by atoms with Gasteiger partial charge in [-0.15, -0.1) is 11.3 Å². The van der Waals surface area contributed by atoms with E-state index in [4.69, 9.17) is 18.9 Å². The van der Waals surface area contributed by atoms with Crippen molar-refractivity contribution in [2.45, 2.75) is 11.5 Å². The van der Waals surface area contributed by atoms with Crippen LogP contribution in [0.4, 0.5) is 5.13 Å². The van der Waals surface area contributed by atoms with E-state index in [1.165, 1.54) is 18.4 Å². The number of methoxy groups -OCH3 is 4. The molecule has 0 radical (unpaired) electrons. The molecular weight excluding hydrogens is 436 g/mol. The average Bonchev–Trinajstić information content (AvgIpc) is 3.25. The maximum absolute atomic E-state index is 12.5. The molecule has 9 heteroatoms. The Morgan fingerprint density at radius 3 is 2.29 bits per heavy atom. The number of hydrogen-bond donors (Lipinski definition) is 1. The van der Waals surface area contributed by atoms with E-state index in [2.05, 4.69) is 10.3 Å². The molecule has 1 heterocycles. The van der Waals surface area contributed by atoms with Crippen molar-refractivity contribution in [1.82, 2.24) is 4.98 Å². The lowest BCUT2D eigenvalue weighted by atomic mass is 10.2. The molecule has 164 valence electrons. The summed E-state index contributed by atoms with van der Waals surface area (Å²) in [5.41, 5.74) is 2.49. The van der Waals surface area contributed by atoms with E-state index in [9.17, 15) is 4.79 Å². The van der Waals surface area contributed by atoms with Gasteiger partial charge >= 0.3 is 0 Å². The number of aromatic nitrogens is 1. The summed E-state index contributed by atoms with van der Waals surface area (Å²) >= 11 is 3.12. The van der Waals surface area contributed by atoms with Gasteiger partial charge in [0.2, 0.25) is 0 Å². The highest BCUT2D eigenvalue weighted by atomic mass is 32.2. The Morgan fingerprint density at radius 1 is 0.935 bits per heavy atom. The molecule has 0 bridgehead atoms. The Kier molecular flexibility index (Phi) is 8.02. The second-order valence-electron chi connectivity index (χ2n) is 6.38. The van der Waals surface area contributed by atoms with Gasteiger partial charge in [-0.25, -0.2) is 4.98 Å². The molecular formula is C22H24N2O5S2. The molecule has 0 spiro atoms. The summed E-state index contributed by atoms with van der Waals surface area (Å²) in [6, 6.07) is 10.9. The first-order chi connectivity index (χ1) is 15.1. The van der Waals surface area contributed by atoms with Gasteiger partial charge in [0.05, 0.1) is 34.1 Å². The largest absolute Gasteiger partial charge is 0.497 e. The van der Waals surface area contributed by atoms with E-state index in [-0.39, 0.29) is 5.91 Å². The number of carbonyl (C=O) groups is 1. The Morgan fingerprint density at radius 2 is 1.65 bits per heavy atom. The van der Waals surface area contributed by atoms with Gasteiger partial charge < -0.3 is 18.9 Å². The van der Waals surface area contributed by atoms with Crippen molar-refractivity contribution < 1.29 is 23.7 Å². The Bertz CT molecular complexity index is 1020. The Labute approximate surface area is 189 Å². The predicted octanol–water partition coefficient (Wildman–Crippen LogP) is 4.86. The molecule has 0 aliphatic carbocycles. The summed E-state index contributed by atoms with van der Waals surface area (Å²) in [4.78, 5) is 17.1. The number of nitrogens with zero attached hydrogens (tertiary/aromatic N) is 1. The van der Waals surface area contributed by atoms with Crippen LogP contribution in [0.1, 0.15) is 21.6 Å². The standard InChI is InChI=1S/C22H24N2O5S2/c1-26-17-7-14(8-18(10-17)27-2)11-30-12-16-13-31-22(23-16)24-21(25)15-5-6-19(28-3)20(9-15)29-4/h5-10,13H,11-12H2,1-4H3,(H,23,24,25). The number of thiazole rings is 1. The SMILES string of the molecule is COc1cc(CSCc2csc(NC(=O)c3ccc(OC)c(OC)c3)n2)cc(OC)c1. The molecule has 0 unspecified atom stereocenters. The monoisotopic (exact) mass is 460 g/mol. The molecule has 0 atom stereocenters. The van der Waals surface area contributed by atoms with Crippen molar-refractivity contribution in [2.24, 2.45) is 0 Å². The van der Waals surface area contributed by atoms with E-state index in [1.807, 2.05) is 23.6 Å². The highest BCUT2D eigenvalue weighted by Gasteiger charge is 2.13. The van der Waals surface area contributed by atoms with Gasteiger partial charge in [-0.2, -0.15) is 11.8 Å². The van der Waals surface area contributed by atoms with Crippen LogP contribution in [-0.4, -0.2) is 39.3 Å². The topological polar surface area (TPSA) is 78.9 Å². The molecule has 0 saturated heterocycles. The third kappa shape index (κ3) is 6.05. The third-order valence-electron chi connectivity index (χ3n) is 4.35. The van der Waals surface area contributed by atoms with Crippen molar-refractivity contribution in [2.75, 3.05) is 33.8 Å². The van der Waals surface area contributed by atoms with Crippen LogP contribution in [0, 0.1) is 0 Å². The Hall–Kier alpha value is -2.91. The average molecular weight is 461 g/mol. The summed E-state index contributed by atoms with van der Waals surface area (Å²) in [7, 11) is 6.36. The number of thioether (sulfide) groups is 1. The van der Waals surface area contributed by atoms with Gasteiger partial charge in [0.1, 0.15) is 11.5 Å². The van der Waals surface area contributed by atoms with Crippen LogP contribution in [0.5, 0.6) is 23.0 Å². The normalized spacial score (nSPS) is 10.5. The molecule has 3 aromatic rings. The van der Waals surface area contributed by atoms with E-state index in [1.54, 1.807) is 51.3 Å². The third-order valence-corrected chi connectivity index (χ3v) is 6.19. The van der Waals surface area contributed by atoms with Gasteiger partial charge in [-0.05, 0) is 35.9 Å². The number of rotatable bonds is 10. The quantitative estimate of drug-likeness (QED) is 0.463. The molecule has 0 aliphatic rings. The second-order valence-corrected chi connectivity index (χ2v) is 8.23. The van der Waals surface area contributed by atoms with Gasteiger partial charge in [0.15, 0.2) is 16.6 Å². The van der Waals surface area contributed by atoms with Crippen molar-refractivity contribution in [3.05, 3.63) is 58.6 Å². The van der Waals surface area contributed by atoms with E-state index < -0.39 is 0 Å². The summed E-state index contributed by atoms with van der Waals surface area (Å²) in [6.07, 6.45) is 0. The summed E-state index contributed by atoms with van der Waals surface area (Å²) < 4.78 is 21.1. The minimum absolute atomic E-state index is 0.252. The zero-order chi connectivity index (χ0) is 22.2. The highest BCUT2D eigenvalue weighted by Crippen LogP contribution is 2.29. The lowest BCUT2D eigenvalue weighted by Crippen LogP contribution is -2.12. The smallest absolute Gasteiger partial charge is 0.257 e. The number of nitrogens with one attached hydrogen (secondary N) is 1. The van der Waals surface area contributed by atoms with Crippen LogP contribution >= 0.6 is 23.1 Å². The molecule has 1 N–H and O–H groups in total. The summed E-state index contributed by atoms with van der Waals surface area (Å²) in [5, 5.41) is 5.34. The van der Waals surface area contributed by atoms with Crippen LogP contribution in [0.3, 0.4) is 0 Å². The fraction of sp³-hybridized carbons (Fsp3) is 0.273. The minimum atomic E-state index is -0.252. The molecule has 31 heavy (non-hydrogen) atoms. The Balaban J connectivity index is 1.56. The summed E-state index contributed by atoms with van der Waals surface area (Å²) in [5.74, 6) is 3.87. The number of carbonyl (C=O) groups excluding carboxylic acids is 1. The first-order valence-corrected chi connectivity index (χ1v) is 11.4. The number of anilines is 1. The maximum Gasteiger partial charge on any atom is 0.257 e. The van der Waals surface area contributed by atoms with Crippen molar-refractivity contribution >= 4 is 34.1 Å². The first-order valence-electron chi connectivity index (χ1n) is 9.33. The minimum Gasteiger partial charge on any atom is -0.497 e. The van der Waals surface area contributed by atoms with Gasteiger partial charge in [-0.1, -0.05) is 0 Å². The van der Waals surface area contributed by atoms with Crippen molar-refractivity contribution in [3.8, 4) is 23.0 Å². The molecule has 1 aromatic heterocycles. The fourth-order valence-corrected chi connectivity index (χ4v) is 4.47. The maximum atomic E-state index is 12.5. The first kappa shape index (κ1) is 22.8. The number of hydrogen-bond acceptors (Lipinski definition) is 8. The van der Waals surface area contributed by atoms with Gasteiger partial charge in [0, 0.05) is 28.5 Å². The zero-order valence-corrected chi connectivity index (χ0v) is 19.4. The molecule has 0 aliphatic heterocycles. The van der Waals surface area contributed by atoms with Crippen LogP contribution in [0.2, 0.25) is 0 Å². The molecule has 7 nitrogen and oxygen atoms in total. The van der Waals surface area contributed by atoms with Gasteiger partial charge in [0.25, 0.3) is 5.91 Å². The second kappa shape index (κ2) is 10.9. The molecule has 0 fully saturated rings. The number of amides is 1. The number of ether oxygens (including phenoxy) is 4. The van der Waals surface area contributed by atoms with Crippen LogP contribution in [0.15, 0.2) is 41.8 Å². The van der Waals surface area contributed by atoms with Crippen molar-refractivity contribution in [1.29, 1.82) is 0 Å². The van der Waals surface area contributed by atoms with Gasteiger partial charge in [-0.3, -0.25) is 10.1 Å². The van der Waals surface area contributed by atoms with E-state index in [0.717, 1.165) is 34.3 Å². The van der Waals surface area contributed by atoms with Crippen LogP contribution < -0.4 is 24.3 Å². The highest BCUT2D eigenvalue weighted by molar-refractivity contribution is 7.97. The van der Waals surface area contributed by atoms with Crippen molar-refractivity contribution in [3.63, 3.8) is 0 Å². The van der Waals surface area contributed by atoms with E-state index in [0.29, 0.717) is 22.2 Å². The molecule has 1 amide bonds. The molecule has 3 rings (SSSR count). The molecule has 0 saturated carbocycles. The lowest BCUT2D eigenvalue weighted by molar-refractivity contribution is 0.102. The van der Waals surface area contributed by atoms with Crippen LogP contribution in [-0.2, 0) is 11.5 Å². The van der Waals surface area contributed by atoms with Crippen LogP contribution in [0.25, 0.3) is 0 Å². The van der Waals surface area contributed by atoms with E-state index >= 15 is 0 Å². The molecule has 2 aromatic carbocycles.